The van der Waals surface area contributed by atoms with Crippen LogP contribution in [0.15, 0.2) is 24.3 Å². The van der Waals surface area contributed by atoms with Crippen LogP contribution in [-0.4, -0.2) is 31.6 Å². The van der Waals surface area contributed by atoms with Crippen LogP contribution in [0.1, 0.15) is 32.3 Å². The van der Waals surface area contributed by atoms with Crippen molar-refractivity contribution in [2.45, 2.75) is 32.2 Å². The zero-order valence-electron chi connectivity index (χ0n) is 12.4. The number of hydrogen-bond acceptors (Lipinski definition) is 3. The van der Waals surface area contributed by atoms with Crippen molar-refractivity contribution < 1.29 is 4.74 Å². The molecule has 1 saturated heterocycles. The van der Waals surface area contributed by atoms with Crippen LogP contribution < -0.4 is 10.5 Å². The predicted molar refractivity (Wildman–Crippen MR) is 79.4 cm³/mol. The number of rotatable bonds is 5. The average molecular weight is 262 g/mol. The van der Waals surface area contributed by atoms with E-state index >= 15 is 0 Å². The SMILES string of the molecule is COc1ccc(C(N)(CN2CCCC2)C(C)C)cc1. The van der Waals surface area contributed by atoms with Crippen molar-refractivity contribution in [1.29, 1.82) is 0 Å². The Morgan fingerprint density at radius 3 is 2.26 bits per heavy atom. The van der Waals surface area contributed by atoms with Crippen molar-refractivity contribution in [3.8, 4) is 5.75 Å². The van der Waals surface area contributed by atoms with Gasteiger partial charge in [0.15, 0.2) is 0 Å². The normalized spacial score (nSPS) is 19.6. The van der Waals surface area contributed by atoms with E-state index in [4.69, 9.17) is 10.5 Å². The van der Waals surface area contributed by atoms with Gasteiger partial charge in [-0.3, -0.25) is 0 Å². The van der Waals surface area contributed by atoms with E-state index in [-0.39, 0.29) is 5.54 Å². The van der Waals surface area contributed by atoms with Crippen LogP contribution in [0.3, 0.4) is 0 Å². The van der Waals surface area contributed by atoms with E-state index in [0.29, 0.717) is 5.92 Å². The van der Waals surface area contributed by atoms with Crippen molar-refractivity contribution in [2.75, 3.05) is 26.7 Å². The molecule has 1 aliphatic rings. The van der Waals surface area contributed by atoms with Crippen LogP contribution in [0.25, 0.3) is 0 Å². The Kier molecular flexibility index (Phi) is 4.48. The number of methoxy groups -OCH3 is 1. The Morgan fingerprint density at radius 2 is 1.79 bits per heavy atom. The third kappa shape index (κ3) is 3.10. The van der Waals surface area contributed by atoms with Gasteiger partial charge in [0.1, 0.15) is 5.75 Å². The smallest absolute Gasteiger partial charge is 0.118 e. The zero-order chi connectivity index (χ0) is 13.9. The van der Waals surface area contributed by atoms with Gasteiger partial charge < -0.3 is 15.4 Å². The predicted octanol–water partition coefficient (Wildman–Crippen LogP) is 2.60. The second-order valence-electron chi connectivity index (χ2n) is 5.91. The molecule has 0 radical (unpaired) electrons. The minimum Gasteiger partial charge on any atom is -0.497 e. The lowest BCUT2D eigenvalue weighted by Crippen LogP contribution is -2.50. The van der Waals surface area contributed by atoms with Crippen molar-refractivity contribution in [1.82, 2.24) is 4.90 Å². The van der Waals surface area contributed by atoms with Crippen LogP contribution >= 0.6 is 0 Å². The quantitative estimate of drug-likeness (QED) is 0.886. The highest BCUT2D eigenvalue weighted by molar-refractivity contribution is 5.32. The average Bonchev–Trinajstić information content (AvgIpc) is 2.91. The molecule has 0 aliphatic carbocycles. The molecule has 2 rings (SSSR count). The van der Waals surface area contributed by atoms with E-state index in [9.17, 15) is 0 Å². The van der Waals surface area contributed by atoms with Crippen molar-refractivity contribution in [2.24, 2.45) is 11.7 Å². The Morgan fingerprint density at radius 1 is 1.21 bits per heavy atom. The topological polar surface area (TPSA) is 38.5 Å². The first kappa shape index (κ1) is 14.4. The summed E-state index contributed by atoms with van der Waals surface area (Å²) < 4.78 is 5.22. The molecule has 0 bridgehead atoms. The molecule has 106 valence electrons. The molecule has 0 aromatic heterocycles. The lowest BCUT2D eigenvalue weighted by atomic mass is 9.80. The molecule has 1 fully saturated rings. The van der Waals surface area contributed by atoms with E-state index in [0.717, 1.165) is 12.3 Å². The first-order chi connectivity index (χ1) is 9.06. The maximum atomic E-state index is 6.75. The van der Waals surface area contributed by atoms with Gasteiger partial charge in [-0.1, -0.05) is 26.0 Å². The summed E-state index contributed by atoms with van der Waals surface area (Å²) in [5, 5.41) is 0. The van der Waals surface area contributed by atoms with Gasteiger partial charge in [-0.15, -0.1) is 0 Å². The molecular weight excluding hydrogens is 236 g/mol. The molecule has 1 aliphatic heterocycles. The number of hydrogen-bond donors (Lipinski definition) is 1. The highest BCUT2D eigenvalue weighted by atomic mass is 16.5. The molecule has 1 aromatic carbocycles. The largest absolute Gasteiger partial charge is 0.497 e. The van der Waals surface area contributed by atoms with Crippen molar-refractivity contribution in [3.05, 3.63) is 29.8 Å². The van der Waals surface area contributed by atoms with Gasteiger partial charge in [0, 0.05) is 6.54 Å². The monoisotopic (exact) mass is 262 g/mol. The summed E-state index contributed by atoms with van der Waals surface area (Å²) in [5.41, 5.74) is 7.67. The molecule has 19 heavy (non-hydrogen) atoms. The van der Waals surface area contributed by atoms with Gasteiger partial charge in [-0.2, -0.15) is 0 Å². The maximum Gasteiger partial charge on any atom is 0.118 e. The van der Waals surface area contributed by atoms with E-state index in [2.05, 4.69) is 30.9 Å². The number of ether oxygens (including phenoxy) is 1. The second kappa shape index (κ2) is 5.93. The van der Waals surface area contributed by atoms with E-state index in [1.165, 1.54) is 31.5 Å². The molecule has 0 spiro atoms. The van der Waals surface area contributed by atoms with Crippen molar-refractivity contribution in [3.63, 3.8) is 0 Å². The van der Waals surface area contributed by atoms with E-state index in [1.54, 1.807) is 7.11 Å². The van der Waals surface area contributed by atoms with Gasteiger partial charge in [-0.25, -0.2) is 0 Å². The molecule has 1 aromatic rings. The minimum atomic E-state index is -0.281. The third-order valence-corrected chi connectivity index (χ3v) is 4.34. The Bertz CT molecular complexity index is 396. The number of likely N-dealkylation sites (tertiary alicyclic amines) is 1. The zero-order valence-corrected chi connectivity index (χ0v) is 12.4. The van der Waals surface area contributed by atoms with Gasteiger partial charge in [0.05, 0.1) is 12.6 Å². The van der Waals surface area contributed by atoms with Crippen LogP contribution in [0.2, 0.25) is 0 Å². The van der Waals surface area contributed by atoms with Crippen LogP contribution in [0.5, 0.6) is 5.75 Å². The minimum absolute atomic E-state index is 0.281. The molecule has 0 amide bonds. The summed E-state index contributed by atoms with van der Waals surface area (Å²) in [6, 6.07) is 8.22. The van der Waals surface area contributed by atoms with Crippen LogP contribution in [-0.2, 0) is 5.54 Å². The maximum absolute atomic E-state index is 6.75. The lowest BCUT2D eigenvalue weighted by molar-refractivity contribution is 0.198. The third-order valence-electron chi connectivity index (χ3n) is 4.34. The standard InChI is InChI=1S/C16H26N2O/c1-13(2)16(17,12-18-10-4-5-11-18)14-6-8-15(19-3)9-7-14/h6-9,13H,4-5,10-12,17H2,1-3H3. The first-order valence-electron chi connectivity index (χ1n) is 7.22. The van der Waals surface area contributed by atoms with Crippen molar-refractivity contribution >= 4 is 0 Å². The van der Waals surface area contributed by atoms with E-state index < -0.39 is 0 Å². The Labute approximate surface area is 116 Å². The second-order valence-corrected chi connectivity index (χ2v) is 5.91. The molecule has 1 atom stereocenters. The highest BCUT2D eigenvalue weighted by Gasteiger charge is 2.34. The van der Waals surface area contributed by atoms with Gasteiger partial charge in [-0.05, 0) is 49.5 Å². The summed E-state index contributed by atoms with van der Waals surface area (Å²) in [5.74, 6) is 1.29. The summed E-state index contributed by atoms with van der Waals surface area (Å²) in [6.07, 6.45) is 2.60. The molecule has 0 saturated carbocycles. The number of nitrogens with two attached hydrogens (primary N) is 1. The lowest BCUT2D eigenvalue weighted by Gasteiger charge is -2.37. The summed E-state index contributed by atoms with van der Waals surface area (Å²) in [4.78, 5) is 2.49. The fourth-order valence-electron chi connectivity index (χ4n) is 2.82. The van der Waals surface area contributed by atoms with Crippen LogP contribution in [0, 0.1) is 5.92 Å². The van der Waals surface area contributed by atoms with Gasteiger partial charge in [0.25, 0.3) is 0 Å². The first-order valence-corrected chi connectivity index (χ1v) is 7.22. The molecule has 2 N–H and O–H groups in total. The van der Waals surface area contributed by atoms with Gasteiger partial charge >= 0.3 is 0 Å². The summed E-state index contributed by atoms with van der Waals surface area (Å²) >= 11 is 0. The van der Waals surface area contributed by atoms with E-state index in [1.807, 2.05) is 12.1 Å². The molecule has 3 nitrogen and oxygen atoms in total. The fourth-order valence-corrected chi connectivity index (χ4v) is 2.82. The molecular formula is C16H26N2O. The molecule has 1 unspecified atom stereocenters. The molecule has 3 heteroatoms. The Hall–Kier alpha value is -1.06. The fraction of sp³-hybridized carbons (Fsp3) is 0.625. The number of benzene rings is 1. The highest BCUT2D eigenvalue weighted by Crippen LogP contribution is 2.30. The summed E-state index contributed by atoms with van der Waals surface area (Å²) in [6.45, 7) is 7.72. The molecule has 1 heterocycles. The number of nitrogens with zero attached hydrogens (tertiary/aromatic N) is 1. The Balaban J connectivity index is 2.21. The van der Waals surface area contributed by atoms with Crippen LogP contribution in [0.4, 0.5) is 0 Å². The van der Waals surface area contributed by atoms with Gasteiger partial charge in [0.2, 0.25) is 0 Å². The summed E-state index contributed by atoms with van der Waals surface area (Å²) in [7, 11) is 1.69.